The number of benzene rings is 2. The van der Waals surface area contributed by atoms with Crippen LogP contribution >= 0.6 is 0 Å². The topological polar surface area (TPSA) is 47.8 Å². The molecule has 0 saturated heterocycles. The normalized spacial score (nSPS) is 9.89. The molecule has 1 heterocycles. The van der Waals surface area contributed by atoms with Crippen molar-refractivity contribution in [1.82, 2.24) is 15.0 Å². The van der Waals surface area contributed by atoms with Gasteiger partial charge in [-0.3, -0.25) is 4.79 Å². The van der Waals surface area contributed by atoms with Crippen LogP contribution < -0.4 is 0 Å². The first-order valence-corrected chi connectivity index (χ1v) is 5.76. The third kappa shape index (κ3) is 2.22. The van der Waals surface area contributed by atoms with Crippen molar-refractivity contribution in [3.8, 4) is 11.8 Å². The van der Waals surface area contributed by atoms with Gasteiger partial charge in [0.05, 0.1) is 5.52 Å². The number of nitrogens with zero attached hydrogens (tertiary/aromatic N) is 3. The third-order valence-corrected chi connectivity index (χ3v) is 2.63. The molecule has 0 atom stereocenters. The molecular weight excluding hydrogens is 238 g/mol. The van der Waals surface area contributed by atoms with Crippen LogP contribution in [-0.2, 0) is 0 Å². The van der Waals surface area contributed by atoms with Crippen molar-refractivity contribution in [3.05, 3.63) is 60.2 Å². The molecule has 1 aromatic heterocycles. The molecule has 90 valence electrons. The molecule has 3 aromatic rings. The largest absolute Gasteiger partial charge is 0.325 e. The van der Waals surface area contributed by atoms with Gasteiger partial charge in [-0.05, 0) is 24.3 Å². The van der Waals surface area contributed by atoms with Gasteiger partial charge in [0, 0.05) is 11.5 Å². The summed E-state index contributed by atoms with van der Waals surface area (Å²) in [4.78, 5) is 12.0. The maximum Gasteiger partial charge on any atom is 0.325 e. The summed E-state index contributed by atoms with van der Waals surface area (Å²) >= 11 is 0. The summed E-state index contributed by atoms with van der Waals surface area (Å²) in [6.45, 7) is 0. The fourth-order valence-corrected chi connectivity index (χ4v) is 1.72. The summed E-state index contributed by atoms with van der Waals surface area (Å²) in [5.41, 5.74) is 2.13. The number of hydrogen-bond donors (Lipinski definition) is 0. The Labute approximate surface area is 109 Å². The maximum atomic E-state index is 12.0. The van der Waals surface area contributed by atoms with E-state index in [1.54, 1.807) is 12.1 Å². The van der Waals surface area contributed by atoms with E-state index < -0.39 is 5.91 Å². The second kappa shape index (κ2) is 4.75. The smallest absolute Gasteiger partial charge is 0.257 e. The Hall–Kier alpha value is -2.93. The number of carbonyl (C=O) groups excluding carboxylic acids is 1. The fraction of sp³-hybridized carbons (Fsp3) is 0. The van der Waals surface area contributed by atoms with Crippen LogP contribution in [0.4, 0.5) is 0 Å². The summed E-state index contributed by atoms with van der Waals surface area (Å²) in [5, 5.41) is 7.74. The van der Waals surface area contributed by atoms with Gasteiger partial charge in [0.15, 0.2) is 0 Å². The highest BCUT2D eigenvalue weighted by Gasteiger charge is 2.08. The van der Waals surface area contributed by atoms with Crippen LogP contribution in [0.2, 0.25) is 0 Å². The number of para-hydroxylation sites is 1. The summed E-state index contributed by atoms with van der Waals surface area (Å²) in [7, 11) is 0. The lowest BCUT2D eigenvalue weighted by Gasteiger charge is -1.93. The van der Waals surface area contributed by atoms with E-state index in [9.17, 15) is 4.79 Å². The SMILES string of the molecule is O=C(C#Cc1ccccc1)n1nnc2ccccc21. The van der Waals surface area contributed by atoms with Crippen LogP contribution in [0.1, 0.15) is 10.4 Å². The van der Waals surface area contributed by atoms with Crippen molar-refractivity contribution >= 4 is 16.9 Å². The zero-order valence-corrected chi connectivity index (χ0v) is 9.95. The number of aromatic nitrogens is 3. The third-order valence-electron chi connectivity index (χ3n) is 2.63. The van der Waals surface area contributed by atoms with E-state index in [2.05, 4.69) is 22.2 Å². The summed E-state index contributed by atoms with van der Waals surface area (Å²) in [6, 6.07) is 16.6. The number of hydrogen-bond acceptors (Lipinski definition) is 3. The number of carbonyl (C=O) groups is 1. The Balaban J connectivity index is 1.95. The van der Waals surface area contributed by atoms with Gasteiger partial charge < -0.3 is 0 Å². The van der Waals surface area contributed by atoms with Gasteiger partial charge in [0.2, 0.25) is 0 Å². The predicted molar refractivity (Wildman–Crippen MR) is 71.5 cm³/mol. The molecule has 4 nitrogen and oxygen atoms in total. The van der Waals surface area contributed by atoms with E-state index in [0.29, 0.717) is 11.0 Å². The Morgan fingerprint density at radius 1 is 1.00 bits per heavy atom. The van der Waals surface area contributed by atoms with Crippen molar-refractivity contribution in [1.29, 1.82) is 0 Å². The van der Waals surface area contributed by atoms with Gasteiger partial charge in [-0.15, -0.1) is 5.10 Å². The standard InChI is InChI=1S/C15H9N3O/c19-15(11-10-12-6-2-1-3-7-12)18-14-9-5-4-8-13(14)16-17-18/h1-9H. The second-order valence-electron chi connectivity index (χ2n) is 3.91. The van der Waals surface area contributed by atoms with Crippen molar-refractivity contribution in [2.24, 2.45) is 0 Å². The highest BCUT2D eigenvalue weighted by molar-refractivity contribution is 6.00. The monoisotopic (exact) mass is 247 g/mol. The molecule has 0 aliphatic rings. The van der Waals surface area contributed by atoms with Crippen LogP contribution in [-0.4, -0.2) is 20.9 Å². The van der Waals surface area contributed by atoms with Gasteiger partial charge in [0.25, 0.3) is 0 Å². The summed E-state index contributed by atoms with van der Waals surface area (Å²) < 4.78 is 1.21. The minimum atomic E-state index is -0.391. The Morgan fingerprint density at radius 2 is 1.74 bits per heavy atom. The van der Waals surface area contributed by atoms with E-state index in [0.717, 1.165) is 5.56 Å². The summed E-state index contributed by atoms with van der Waals surface area (Å²) in [6.07, 6.45) is 0. The van der Waals surface area contributed by atoms with Crippen LogP contribution in [0.25, 0.3) is 11.0 Å². The van der Waals surface area contributed by atoms with Gasteiger partial charge in [0.1, 0.15) is 5.52 Å². The Morgan fingerprint density at radius 3 is 2.58 bits per heavy atom. The molecule has 0 N–H and O–H groups in total. The van der Waals surface area contributed by atoms with Crippen molar-refractivity contribution in [3.63, 3.8) is 0 Å². The Bertz CT molecular complexity index is 794. The average molecular weight is 247 g/mol. The van der Waals surface area contributed by atoms with Gasteiger partial charge in [-0.1, -0.05) is 41.5 Å². The second-order valence-corrected chi connectivity index (χ2v) is 3.91. The van der Waals surface area contributed by atoms with Crippen LogP contribution in [0, 0.1) is 11.8 Å². The van der Waals surface area contributed by atoms with E-state index in [-0.39, 0.29) is 0 Å². The van der Waals surface area contributed by atoms with Crippen molar-refractivity contribution in [2.45, 2.75) is 0 Å². The lowest BCUT2D eigenvalue weighted by atomic mass is 10.2. The minimum Gasteiger partial charge on any atom is -0.257 e. The molecular formula is C15H9N3O. The summed E-state index contributed by atoms with van der Waals surface area (Å²) in [5.74, 6) is 4.98. The van der Waals surface area contributed by atoms with Gasteiger partial charge in [-0.2, -0.15) is 4.68 Å². The highest BCUT2D eigenvalue weighted by Crippen LogP contribution is 2.09. The first kappa shape index (κ1) is 11.2. The lowest BCUT2D eigenvalue weighted by Crippen LogP contribution is -2.09. The molecule has 3 rings (SSSR count). The first-order chi connectivity index (χ1) is 9.34. The molecule has 0 amide bonds. The molecule has 0 fully saturated rings. The predicted octanol–water partition coefficient (Wildman–Crippen LogP) is 2.12. The van der Waals surface area contributed by atoms with Gasteiger partial charge >= 0.3 is 5.91 Å². The number of fused-ring (bicyclic) bond motifs is 1. The zero-order valence-electron chi connectivity index (χ0n) is 9.95. The van der Waals surface area contributed by atoms with Gasteiger partial charge in [-0.25, -0.2) is 0 Å². The quantitative estimate of drug-likeness (QED) is 0.572. The van der Waals surface area contributed by atoms with Crippen molar-refractivity contribution < 1.29 is 4.79 Å². The molecule has 0 bridgehead atoms. The molecule has 19 heavy (non-hydrogen) atoms. The molecule has 2 aromatic carbocycles. The average Bonchev–Trinajstić information content (AvgIpc) is 2.90. The maximum absolute atomic E-state index is 12.0. The molecule has 0 unspecified atom stereocenters. The van der Waals surface area contributed by atoms with Crippen LogP contribution in [0.3, 0.4) is 0 Å². The molecule has 0 aliphatic heterocycles. The van der Waals surface area contributed by atoms with E-state index >= 15 is 0 Å². The van der Waals surface area contributed by atoms with Crippen LogP contribution in [0.5, 0.6) is 0 Å². The molecule has 0 radical (unpaired) electrons. The van der Waals surface area contributed by atoms with E-state index in [1.807, 2.05) is 42.5 Å². The lowest BCUT2D eigenvalue weighted by molar-refractivity contribution is 0.0968. The molecule has 0 spiro atoms. The van der Waals surface area contributed by atoms with E-state index in [1.165, 1.54) is 4.68 Å². The molecule has 4 heteroatoms. The fourth-order valence-electron chi connectivity index (χ4n) is 1.72. The number of rotatable bonds is 0. The van der Waals surface area contributed by atoms with Crippen LogP contribution in [0.15, 0.2) is 54.6 Å². The van der Waals surface area contributed by atoms with Crippen molar-refractivity contribution in [2.75, 3.05) is 0 Å². The zero-order chi connectivity index (χ0) is 13.1. The highest BCUT2D eigenvalue weighted by atomic mass is 16.2. The minimum absolute atomic E-state index is 0.391. The Kier molecular flexibility index (Phi) is 2.79. The molecule has 0 saturated carbocycles. The van der Waals surface area contributed by atoms with E-state index in [4.69, 9.17) is 0 Å². The first-order valence-electron chi connectivity index (χ1n) is 5.76. The molecule has 0 aliphatic carbocycles.